The van der Waals surface area contributed by atoms with Crippen LogP contribution in [0.1, 0.15) is 18.1 Å². The molecule has 3 aromatic rings. The molecular formula is C23H25N3O2S. The smallest absolute Gasteiger partial charge is 0.271 e. The van der Waals surface area contributed by atoms with Crippen molar-refractivity contribution in [2.75, 3.05) is 20.6 Å². The molecule has 2 heterocycles. The highest BCUT2D eigenvalue weighted by molar-refractivity contribution is 7.98. The van der Waals surface area contributed by atoms with E-state index in [1.165, 1.54) is 15.1 Å². The van der Waals surface area contributed by atoms with Crippen LogP contribution in [0.15, 0.2) is 58.2 Å². The summed E-state index contributed by atoms with van der Waals surface area (Å²) in [5.41, 5.74) is 4.79. The number of likely N-dealkylation sites (N-methyl/N-ethyl adjacent to an activating group) is 1. The van der Waals surface area contributed by atoms with Gasteiger partial charge in [-0.15, -0.1) is 11.8 Å². The van der Waals surface area contributed by atoms with Gasteiger partial charge in [0.05, 0.1) is 11.4 Å². The summed E-state index contributed by atoms with van der Waals surface area (Å²) in [6.45, 7) is 4.95. The van der Waals surface area contributed by atoms with Gasteiger partial charge in [-0.2, -0.15) is 9.78 Å². The van der Waals surface area contributed by atoms with Gasteiger partial charge in [0.25, 0.3) is 5.56 Å². The van der Waals surface area contributed by atoms with E-state index in [-0.39, 0.29) is 11.7 Å². The maximum absolute atomic E-state index is 12.7. The van der Waals surface area contributed by atoms with Gasteiger partial charge in [-0.3, -0.25) is 4.79 Å². The van der Waals surface area contributed by atoms with Crippen molar-refractivity contribution >= 4 is 11.8 Å². The third-order valence-corrected chi connectivity index (χ3v) is 5.95. The second-order valence-electron chi connectivity index (χ2n) is 7.74. The maximum Gasteiger partial charge on any atom is 0.271 e. The highest BCUT2D eigenvalue weighted by atomic mass is 32.2. The first-order valence-corrected chi connectivity index (χ1v) is 10.7. The third-order valence-electron chi connectivity index (χ3n) is 4.82. The number of aryl methyl sites for hydroxylation is 1. The molecule has 6 heteroatoms. The van der Waals surface area contributed by atoms with Gasteiger partial charge in [0.15, 0.2) is 0 Å². The Labute approximate surface area is 175 Å². The minimum atomic E-state index is -0.116. The van der Waals surface area contributed by atoms with E-state index in [0.717, 1.165) is 40.6 Å². The van der Waals surface area contributed by atoms with Crippen LogP contribution in [0.25, 0.3) is 16.9 Å². The van der Waals surface area contributed by atoms with Crippen LogP contribution in [0.4, 0.5) is 0 Å². The molecule has 1 aliphatic heterocycles. The maximum atomic E-state index is 12.7. The summed E-state index contributed by atoms with van der Waals surface area (Å²) in [4.78, 5) is 16.0. The highest BCUT2D eigenvalue weighted by Gasteiger charge is 2.20. The van der Waals surface area contributed by atoms with E-state index in [0.29, 0.717) is 0 Å². The lowest BCUT2D eigenvalue weighted by Gasteiger charge is -2.20. The van der Waals surface area contributed by atoms with E-state index in [1.807, 2.05) is 45.3 Å². The van der Waals surface area contributed by atoms with Crippen molar-refractivity contribution in [1.82, 2.24) is 14.7 Å². The van der Waals surface area contributed by atoms with E-state index < -0.39 is 0 Å². The van der Waals surface area contributed by atoms with Gasteiger partial charge in [0.1, 0.15) is 11.9 Å². The van der Waals surface area contributed by atoms with Gasteiger partial charge < -0.3 is 9.64 Å². The molecule has 0 saturated heterocycles. The van der Waals surface area contributed by atoms with Crippen LogP contribution in [0.2, 0.25) is 0 Å². The standard InChI is InChI=1S/C23H25N3O2S/c1-15-5-10-21-20(11-15)23-17(14-29-21)12-22(27)26(24-23)18-6-8-19(9-7-18)28-16(2)13-25(3)4/h5-12,16H,13-14H2,1-4H3. The molecule has 1 aromatic heterocycles. The van der Waals surface area contributed by atoms with Crippen molar-refractivity contribution < 1.29 is 4.74 Å². The Bertz CT molecular complexity index is 1090. The molecule has 0 amide bonds. The molecular weight excluding hydrogens is 382 g/mol. The van der Waals surface area contributed by atoms with Crippen molar-refractivity contribution in [3.63, 3.8) is 0 Å². The first-order chi connectivity index (χ1) is 13.9. The Hall–Kier alpha value is -2.57. The Kier molecular flexibility index (Phi) is 5.48. The van der Waals surface area contributed by atoms with Crippen LogP contribution in [-0.2, 0) is 5.75 Å². The lowest BCUT2D eigenvalue weighted by molar-refractivity contribution is 0.177. The molecule has 1 aliphatic rings. The quantitative estimate of drug-likeness (QED) is 0.636. The number of nitrogens with zero attached hydrogens (tertiary/aromatic N) is 3. The number of thioether (sulfide) groups is 1. The Morgan fingerprint density at radius 2 is 1.93 bits per heavy atom. The zero-order valence-electron chi connectivity index (χ0n) is 17.2. The number of hydrogen-bond donors (Lipinski definition) is 0. The van der Waals surface area contributed by atoms with Crippen molar-refractivity contribution in [2.24, 2.45) is 0 Å². The number of ether oxygens (including phenoxy) is 1. The Morgan fingerprint density at radius 3 is 2.66 bits per heavy atom. The zero-order chi connectivity index (χ0) is 20.5. The monoisotopic (exact) mass is 407 g/mol. The predicted molar refractivity (Wildman–Crippen MR) is 118 cm³/mol. The summed E-state index contributed by atoms with van der Waals surface area (Å²) in [6.07, 6.45) is 0.0812. The van der Waals surface area contributed by atoms with Gasteiger partial charge in [0.2, 0.25) is 0 Å². The predicted octanol–water partition coefficient (Wildman–Crippen LogP) is 4.14. The lowest BCUT2D eigenvalue weighted by Crippen LogP contribution is -2.28. The number of hydrogen-bond acceptors (Lipinski definition) is 5. The molecule has 0 radical (unpaired) electrons. The topological polar surface area (TPSA) is 47.4 Å². The van der Waals surface area contributed by atoms with Crippen LogP contribution in [0.3, 0.4) is 0 Å². The average Bonchev–Trinajstić information content (AvgIpc) is 2.67. The molecule has 0 fully saturated rings. The summed E-state index contributed by atoms with van der Waals surface area (Å²) in [5, 5.41) is 4.74. The minimum absolute atomic E-state index is 0.0812. The molecule has 5 nitrogen and oxygen atoms in total. The molecule has 0 spiro atoms. The van der Waals surface area contributed by atoms with E-state index in [1.54, 1.807) is 17.8 Å². The van der Waals surface area contributed by atoms with Gasteiger partial charge in [-0.05, 0) is 69.9 Å². The van der Waals surface area contributed by atoms with E-state index in [4.69, 9.17) is 9.84 Å². The third kappa shape index (κ3) is 4.23. The van der Waals surface area contributed by atoms with Gasteiger partial charge >= 0.3 is 0 Å². The van der Waals surface area contributed by atoms with Crippen molar-refractivity contribution in [1.29, 1.82) is 0 Å². The zero-order valence-corrected chi connectivity index (χ0v) is 18.0. The number of aromatic nitrogens is 2. The fraction of sp³-hybridized carbons (Fsp3) is 0.304. The lowest BCUT2D eigenvalue weighted by atomic mass is 10.0. The van der Waals surface area contributed by atoms with Crippen molar-refractivity contribution in [3.05, 3.63) is 70.0 Å². The number of rotatable bonds is 5. The second kappa shape index (κ2) is 8.05. The summed E-state index contributed by atoms with van der Waals surface area (Å²) in [5.74, 6) is 1.55. The van der Waals surface area contributed by atoms with Gasteiger partial charge in [0, 0.05) is 28.8 Å². The molecule has 1 unspecified atom stereocenters. The summed E-state index contributed by atoms with van der Waals surface area (Å²) < 4.78 is 7.42. The molecule has 0 N–H and O–H groups in total. The van der Waals surface area contributed by atoms with Crippen LogP contribution in [0, 0.1) is 6.92 Å². The molecule has 1 atom stereocenters. The second-order valence-corrected chi connectivity index (χ2v) is 8.76. The molecule has 0 bridgehead atoms. The van der Waals surface area contributed by atoms with E-state index >= 15 is 0 Å². The summed E-state index contributed by atoms with van der Waals surface area (Å²) in [7, 11) is 4.05. The fourth-order valence-corrected chi connectivity index (χ4v) is 4.58. The molecule has 29 heavy (non-hydrogen) atoms. The number of benzene rings is 2. The van der Waals surface area contributed by atoms with Crippen LogP contribution < -0.4 is 10.3 Å². The average molecular weight is 408 g/mol. The molecule has 150 valence electrons. The Balaban J connectivity index is 1.66. The van der Waals surface area contributed by atoms with Crippen LogP contribution >= 0.6 is 11.8 Å². The molecule has 0 aliphatic carbocycles. The normalized spacial score (nSPS) is 13.7. The summed E-state index contributed by atoms with van der Waals surface area (Å²) in [6, 6.07) is 15.7. The van der Waals surface area contributed by atoms with E-state index in [9.17, 15) is 4.79 Å². The molecule has 4 rings (SSSR count). The fourth-order valence-electron chi connectivity index (χ4n) is 3.57. The largest absolute Gasteiger partial charge is 0.489 e. The highest BCUT2D eigenvalue weighted by Crippen LogP contribution is 2.40. The molecule has 0 saturated carbocycles. The van der Waals surface area contributed by atoms with Crippen LogP contribution in [0.5, 0.6) is 5.75 Å². The Morgan fingerprint density at radius 1 is 1.17 bits per heavy atom. The molecule has 2 aromatic carbocycles. The van der Waals surface area contributed by atoms with Gasteiger partial charge in [-0.25, -0.2) is 0 Å². The van der Waals surface area contributed by atoms with Crippen molar-refractivity contribution in [2.45, 2.75) is 30.6 Å². The van der Waals surface area contributed by atoms with E-state index in [2.05, 4.69) is 30.0 Å². The minimum Gasteiger partial charge on any atom is -0.489 e. The SMILES string of the molecule is Cc1ccc2c(c1)-c1nn(-c3ccc(OC(C)CN(C)C)cc3)c(=O)cc1CS2. The van der Waals surface area contributed by atoms with Gasteiger partial charge in [-0.1, -0.05) is 11.6 Å². The number of fused-ring (bicyclic) bond motifs is 3. The van der Waals surface area contributed by atoms with Crippen LogP contribution in [-0.4, -0.2) is 41.4 Å². The summed E-state index contributed by atoms with van der Waals surface area (Å²) >= 11 is 1.75. The first-order valence-electron chi connectivity index (χ1n) is 9.69. The first kappa shape index (κ1) is 19.7. The van der Waals surface area contributed by atoms with Crippen molar-refractivity contribution in [3.8, 4) is 22.7 Å².